The average molecular weight is 369 g/mol. The van der Waals surface area contributed by atoms with Gasteiger partial charge in [-0.2, -0.15) is 0 Å². The van der Waals surface area contributed by atoms with Crippen LogP contribution in [-0.2, 0) is 0 Å². The second-order valence-electron chi connectivity index (χ2n) is 2.17. The molecular formula is C8H6BrIN2S. The predicted octanol–water partition coefficient (Wildman–Crippen LogP) is 3.61. The SMILES string of the molecule is S=C(/N=C/I)Nc1cccc(Br)c1. The summed E-state index contributed by atoms with van der Waals surface area (Å²) in [5, 5.41) is 3.45. The molecule has 0 fully saturated rings. The molecule has 0 atom stereocenters. The quantitative estimate of drug-likeness (QED) is 0.465. The van der Waals surface area contributed by atoms with Crippen molar-refractivity contribution in [3.8, 4) is 0 Å². The van der Waals surface area contributed by atoms with E-state index < -0.39 is 0 Å². The molecule has 0 radical (unpaired) electrons. The Kier molecular flexibility index (Phi) is 4.82. The summed E-state index contributed by atoms with van der Waals surface area (Å²) >= 11 is 10.3. The predicted molar refractivity (Wildman–Crippen MR) is 72.9 cm³/mol. The zero-order valence-corrected chi connectivity index (χ0v) is 11.1. The van der Waals surface area contributed by atoms with Crippen LogP contribution in [-0.4, -0.2) is 9.33 Å². The number of halogens is 2. The first-order valence-corrected chi connectivity index (χ1v) is 5.86. The number of anilines is 1. The lowest BCUT2D eigenvalue weighted by atomic mass is 10.3. The van der Waals surface area contributed by atoms with Gasteiger partial charge in [0.2, 0.25) is 0 Å². The number of benzene rings is 1. The number of hydrogen-bond donors (Lipinski definition) is 1. The minimum absolute atomic E-state index is 0.465. The highest BCUT2D eigenvalue weighted by atomic mass is 127. The Hall–Kier alpha value is -0.0100. The van der Waals surface area contributed by atoms with Crippen molar-refractivity contribution in [3.05, 3.63) is 28.7 Å². The maximum Gasteiger partial charge on any atom is 0.197 e. The summed E-state index contributed by atoms with van der Waals surface area (Å²) in [6.45, 7) is 0. The summed E-state index contributed by atoms with van der Waals surface area (Å²) in [4.78, 5) is 3.92. The van der Waals surface area contributed by atoms with Crippen LogP contribution in [0.5, 0.6) is 0 Å². The van der Waals surface area contributed by atoms with Crippen LogP contribution >= 0.6 is 50.7 Å². The Morgan fingerprint density at radius 1 is 1.62 bits per heavy atom. The summed E-state index contributed by atoms with van der Waals surface area (Å²) in [7, 11) is 0. The standard InChI is InChI=1S/C8H6BrIN2S/c9-6-2-1-3-7(4-6)12-8(13)11-5-10/h1-5H,(H,12,13)/b11-5+. The number of aliphatic imine (C=N–C) groups is 1. The van der Waals surface area contributed by atoms with Crippen molar-refractivity contribution in [2.45, 2.75) is 0 Å². The zero-order chi connectivity index (χ0) is 9.68. The van der Waals surface area contributed by atoms with Gasteiger partial charge in [0.15, 0.2) is 5.11 Å². The molecule has 68 valence electrons. The van der Waals surface area contributed by atoms with Gasteiger partial charge in [0.05, 0.1) is 4.22 Å². The van der Waals surface area contributed by atoms with Gasteiger partial charge in [-0.25, -0.2) is 4.99 Å². The van der Waals surface area contributed by atoms with E-state index in [1.165, 1.54) is 0 Å². The van der Waals surface area contributed by atoms with Crippen molar-refractivity contribution in [3.63, 3.8) is 0 Å². The fourth-order valence-corrected chi connectivity index (χ4v) is 1.80. The van der Waals surface area contributed by atoms with Crippen molar-refractivity contribution in [2.24, 2.45) is 4.99 Å². The molecule has 0 aliphatic carbocycles. The minimum Gasteiger partial charge on any atom is -0.331 e. The molecule has 0 spiro atoms. The van der Waals surface area contributed by atoms with E-state index >= 15 is 0 Å². The third-order valence-electron chi connectivity index (χ3n) is 1.24. The zero-order valence-electron chi connectivity index (χ0n) is 6.50. The van der Waals surface area contributed by atoms with Crippen LogP contribution in [0.25, 0.3) is 0 Å². The Balaban J connectivity index is 2.69. The largest absolute Gasteiger partial charge is 0.331 e. The molecule has 0 aliphatic rings. The van der Waals surface area contributed by atoms with Crippen LogP contribution in [0.4, 0.5) is 5.69 Å². The molecule has 1 aromatic rings. The molecular weight excluding hydrogens is 363 g/mol. The Morgan fingerprint density at radius 2 is 2.38 bits per heavy atom. The molecule has 0 saturated carbocycles. The van der Waals surface area contributed by atoms with E-state index in [9.17, 15) is 0 Å². The van der Waals surface area contributed by atoms with Gasteiger partial charge in [-0.3, -0.25) is 0 Å². The highest BCUT2D eigenvalue weighted by Crippen LogP contribution is 2.15. The molecule has 1 N–H and O–H groups in total. The maximum absolute atomic E-state index is 4.95. The first-order valence-electron chi connectivity index (χ1n) is 3.41. The van der Waals surface area contributed by atoms with E-state index in [2.05, 4.69) is 26.2 Å². The van der Waals surface area contributed by atoms with Crippen molar-refractivity contribution >= 4 is 65.8 Å². The van der Waals surface area contributed by atoms with E-state index in [1.807, 2.05) is 46.9 Å². The molecule has 0 aromatic heterocycles. The molecule has 1 aromatic carbocycles. The molecule has 0 amide bonds. The van der Waals surface area contributed by atoms with Crippen LogP contribution < -0.4 is 5.32 Å². The first-order chi connectivity index (χ1) is 6.22. The topological polar surface area (TPSA) is 24.4 Å². The number of nitrogens with zero attached hydrogens (tertiary/aromatic N) is 1. The summed E-state index contributed by atoms with van der Waals surface area (Å²) in [6, 6.07) is 7.76. The molecule has 1 rings (SSSR count). The minimum atomic E-state index is 0.465. The highest BCUT2D eigenvalue weighted by Gasteiger charge is 1.94. The van der Waals surface area contributed by atoms with Crippen molar-refractivity contribution in [1.29, 1.82) is 0 Å². The van der Waals surface area contributed by atoms with Crippen molar-refractivity contribution in [1.82, 2.24) is 0 Å². The molecule has 5 heteroatoms. The fraction of sp³-hybridized carbons (Fsp3) is 0. The van der Waals surface area contributed by atoms with Crippen LogP contribution in [0, 0.1) is 0 Å². The Bertz CT molecular complexity index is 341. The van der Waals surface area contributed by atoms with Gasteiger partial charge in [-0.15, -0.1) is 0 Å². The van der Waals surface area contributed by atoms with Crippen molar-refractivity contribution in [2.75, 3.05) is 5.32 Å². The molecule has 0 heterocycles. The summed E-state index contributed by atoms with van der Waals surface area (Å²) in [5.74, 6) is 0. The molecule has 0 unspecified atom stereocenters. The second-order valence-corrected chi connectivity index (χ2v) is 4.03. The van der Waals surface area contributed by atoms with Gasteiger partial charge >= 0.3 is 0 Å². The number of hydrogen-bond acceptors (Lipinski definition) is 1. The van der Waals surface area contributed by atoms with Crippen molar-refractivity contribution < 1.29 is 0 Å². The van der Waals surface area contributed by atoms with E-state index in [-0.39, 0.29) is 0 Å². The molecule has 2 nitrogen and oxygen atoms in total. The number of rotatable bonds is 1. The Labute approximate surface area is 104 Å². The average Bonchev–Trinajstić information content (AvgIpc) is 2.04. The maximum atomic E-state index is 4.95. The molecule has 13 heavy (non-hydrogen) atoms. The van der Waals surface area contributed by atoms with E-state index in [0.29, 0.717) is 5.11 Å². The molecule has 0 bridgehead atoms. The Morgan fingerprint density at radius 3 is 3.00 bits per heavy atom. The van der Waals surface area contributed by atoms with Gasteiger partial charge in [-0.1, -0.05) is 22.0 Å². The smallest absolute Gasteiger partial charge is 0.197 e. The molecule has 0 saturated heterocycles. The number of nitrogens with one attached hydrogen (secondary N) is 1. The van der Waals surface area contributed by atoms with E-state index in [4.69, 9.17) is 12.2 Å². The fourth-order valence-electron chi connectivity index (χ4n) is 0.766. The lowest BCUT2D eigenvalue weighted by molar-refractivity contribution is 1.58. The molecule has 0 aliphatic heterocycles. The first kappa shape index (κ1) is 11.1. The van der Waals surface area contributed by atoms with Gasteiger partial charge in [0.1, 0.15) is 0 Å². The van der Waals surface area contributed by atoms with Crippen LogP contribution in [0.2, 0.25) is 0 Å². The lowest BCUT2D eigenvalue weighted by Gasteiger charge is -2.02. The second kappa shape index (κ2) is 5.66. The monoisotopic (exact) mass is 368 g/mol. The summed E-state index contributed by atoms with van der Waals surface area (Å²) in [6.07, 6.45) is 0. The summed E-state index contributed by atoms with van der Waals surface area (Å²) < 4.78 is 2.64. The van der Waals surface area contributed by atoms with Gasteiger partial charge in [-0.05, 0) is 53.0 Å². The van der Waals surface area contributed by atoms with Crippen LogP contribution in [0.1, 0.15) is 0 Å². The third kappa shape index (κ3) is 4.15. The van der Waals surface area contributed by atoms with Gasteiger partial charge in [0.25, 0.3) is 0 Å². The van der Waals surface area contributed by atoms with Crippen LogP contribution in [0.3, 0.4) is 0 Å². The third-order valence-corrected chi connectivity index (χ3v) is 2.22. The van der Waals surface area contributed by atoms with Gasteiger partial charge < -0.3 is 5.32 Å². The van der Waals surface area contributed by atoms with Crippen LogP contribution in [0.15, 0.2) is 33.7 Å². The normalized spacial score (nSPS) is 10.3. The van der Waals surface area contributed by atoms with Gasteiger partial charge in [0, 0.05) is 10.2 Å². The van der Waals surface area contributed by atoms with E-state index in [1.54, 1.807) is 4.22 Å². The summed E-state index contributed by atoms with van der Waals surface area (Å²) in [5.41, 5.74) is 0.932. The highest BCUT2D eigenvalue weighted by molar-refractivity contribution is 14.1. The number of thiocarbonyl (C=S) groups is 1. The van der Waals surface area contributed by atoms with E-state index in [0.717, 1.165) is 10.2 Å². The lowest BCUT2D eigenvalue weighted by Crippen LogP contribution is -2.04.